The third-order valence-electron chi connectivity index (χ3n) is 2.47. The van der Waals surface area contributed by atoms with Crippen LogP contribution >= 0.6 is 27.3 Å². The Hall–Kier alpha value is -1.60. The highest BCUT2D eigenvalue weighted by Gasteiger charge is 2.09. The van der Waals surface area contributed by atoms with Crippen LogP contribution in [0, 0.1) is 0 Å². The molecule has 0 aliphatic carbocycles. The van der Waals surface area contributed by atoms with Crippen LogP contribution in [0.25, 0.3) is 0 Å². The SMILES string of the molecule is Nc1cnc(NCCc2ccc(Br)s2)cc1C(=O)O. The lowest BCUT2D eigenvalue weighted by Gasteiger charge is -2.07. The summed E-state index contributed by atoms with van der Waals surface area (Å²) in [7, 11) is 0. The van der Waals surface area contributed by atoms with E-state index in [1.54, 1.807) is 11.3 Å². The smallest absolute Gasteiger partial charge is 0.337 e. The number of hydrogen-bond acceptors (Lipinski definition) is 5. The number of aromatic carboxylic acids is 1. The van der Waals surface area contributed by atoms with Gasteiger partial charge in [0.25, 0.3) is 0 Å². The first-order valence-corrected chi connectivity index (χ1v) is 7.14. The van der Waals surface area contributed by atoms with Crippen molar-refractivity contribution in [2.45, 2.75) is 6.42 Å². The number of hydrogen-bond donors (Lipinski definition) is 3. The van der Waals surface area contributed by atoms with Crippen molar-refractivity contribution in [2.75, 3.05) is 17.6 Å². The molecule has 0 bridgehead atoms. The molecule has 0 saturated heterocycles. The maximum atomic E-state index is 10.9. The number of nitrogens with two attached hydrogens (primary N) is 1. The zero-order valence-corrected chi connectivity index (χ0v) is 12.3. The summed E-state index contributed by atoms with van der Waals surface area (Å²) < 4.78 is 1.10. The molecule has 2 aromatic heterocycles. The summed E-state index contributed by atoms with van der Waals surface area (Å²) in [4.78, 5) is 16.2. The van der Waals surface area contributed by atoms with Gasteiger partial charge in [-0.25, -0.2) is 9.78 Å². The second kappa shape index (κ2) is 6.03. The Morgan fingerprint density at radius 3 is 2.95 bits per heavy atom. The topological polar surface area (TPSA) is 88.2 Å². The maximum absolute atomic E-state index is 10.9. The highest BCUT2D eigenvalue weighted by atomic mass is 79.9. The van der Waals surface area contributed by atoms with Crippen LogP contribution in [0.4, 0.5) is 11.5 Å². The third-order valence-corrected chi connectivity index (χ3v) is 4.15. The van der Waals surface area contributed by atoms with Gasteiger partial charge in [0.2, 0.25) is 0 Å². The van der Waals surface area contributed by atoms with Gasteiger partial charge in [-0.2, -0.15) is 0 Å². The number of pyridine rings is 1. The van der Waals surface area contributed by atoms with Gasteiger partial charge in [0.15, 0.2) is 0 Å². The minimum atomic E-state index is -1.05. The Balaban J connectivity index is 1.96. The first kappa shape index (κ1) is 13.8. The molecule has 0 unspecified atom stereocenters. The van der Waals surface area contributed by atoms with Crippen molar-refractivity contribution in [2.24, 2.45) is 0 Å². The maximum Gasteiger partial charge on any atom is 0.337 e. The molecule has 0 saturated carbocycles. The van der Waals surface area contributed by atoms with Crippen LogP contribution in [0.1, 0.15) is 15.2 Å². The molecule has 0 radical (unpaired) electrons. The number of rotatable bonds is 5. The zero-order valence-electron chi connectivity index (χ0n) is 9.89. The van der Waals surface area contributed by atoms with Crippen LogP contribution in [0.5, 0.6) is 0 Å². The molecule has 2 heterocycles. The molecule has 0 aliphatic heterocycles. The van der Waals surface area contributed by atoms with Gasteiger partial charge in [-0.15, -0.1) is 11.3 Å². The Labute approximate surface area is 122 Å². The Kier molecular flexibility index (Phi) is 4.39. The molecule has 19 heavy (non-hydrogen) atoms. The Morgan fingerprint density at radius 2 is 2.32 bits per heavy atom. The number of nitrogens with zero attached hydrogens (tertiary/aromatic N) is 1. The van der Waals surface area contributed by atoms with Gasteiger partial charge in [-0.1, -0.05) is 0 Å². The molecule has 2 aromatic rings. The molecule has 5 nitrogen and oxygen atoms in total. The highest BCUT2D eigenvalue weighted by Crippen LogP contribution is 2.22. The minimum absolute atomic E-state index is 0.0661. The van der Waals surface area contributed by atoms with E-state index in [0.29, 0.717) is 12.4 Å². The molecule has 0 aliphatic rings. The minimum Gasteiger partial charge on any atom is -0.478 e. The lowest BCUT2D eigenvalue weighted by Crippen LogP contribution is -2.09. The predicted octanol–water partition coefficient (Wildman–Crippen LogP) is 2.84. The third kappa shape index (κ3) is 3.68. The van der Waals surface area contributed by atoms with E-state index in [4.69, 9.17) is 10.8 Å². The monoisotopic (exact) mass is 341 g/mol. The fourth-order valence-electron chi connectivity index (χ4n) is 1.55. The average molecular weight is 342 g/mol. The van der Waals surface area contributed by atoms with Gasteiger partial charge in [-0.05, 0) is 40.5 Å². The highest BCUT2D eigenvalue weighted by molar-refractivity contribution is 9.11. The Bertz CT molecular complexity index is 600. The summed E-state index contributed by atoms with van der Waals surface area (Å²) in [6.07, 6.45) is 2.21. The van der Waals surface area contributed by atoms with E-state index < -0.39 is 5.97 Å². The molecule has 4 N–H and O–H groups in total. The van der Waals surface area contributed by atoms with Crippen LogP contribution in [0.15, 0.2) is 28.2 Å². The van der Waals surface area contributed by atoms with E-state index in [-0.39, 0.29) is 11.3 Å². The molecule has 0 atom stereocenters. The van der Waals surface area contributed by atoms with Crippen molar-refractivity contribution in [3.8, 4) is 0 Å². The lowest BCUT2D eigenvalue weighted by atomic mass is 10.2. The van der Waals surface area contributed by atoms with E-state index in [2.05, 4.69) is 32.3 Å². The first-order valence-electron chi connectivity index (χ1n) is 5.53. The quantitative estimate of drug-likeness (QED) is 0.778. The Morgan fingerprint density at radius 1 is 1.53 bits per heavy atom. The standard InChI is InChI=1S/C12H12BrN3O2S/c13-10-2-1-7(19-10)3-4-15-11-5-8(12(17)18)9(14)6-16-11/h1-2,5-6H,3-4,14H2,(H,15,16)(H,17,18). The summed E-state index contributed by atoms with van der Waals surface area (Å²) in [5.41, 5.74) is 5.77. The number of carbonyl (C=O) groups is 1. The molecule has 7 heteroatoms. The van der Waals surface area contributed by atoms with E-state index in [9.17, 15) is 4.79 Å². The van der Waals surface area contributed by atoms with Crippen molar-refractivity contribution in [1.29, 1.82) is 0 Å². The average Bonchev–Trinajstić information content (AvgIpc) is 2.77. The zero-order chi connectivity index (χ0) is 13.8. The number of anilines is 2. The number of aromatic nitrogens is 1. The van der Waals surface area contributed by atoms with Gasteiger partial charge in [0.1, 0.15) is 5.82 Å². The molecular weight excluding hydrogens is 330 g/mol. The van der Waals surface area contributed by atoms with Crippen LogP contribution in [-0.2, 0) is 6.42 Å². The van der Waals surface area contributed by atoms with Gasteiger partial charge < -0.3 is 16.2 Å². The summed E-state index contributed by atoms with van der Waals surface area (Å²) in [5, 5.41) is 12.0. The molecule has 2 rings (SSSR count). The molecule has 100 valence electrons. The normalized spacial score (nSPS) is 10.4. The van der Waals surface area contributed by atoms with Gasteiger partial charge in [0.05, 0.1) is 21.2 Å². The van der Waals surface area contributed by atoms with Crippen LogP contribution < -0.4 is 11.1 Å². The van der Waals surface area contributed by atoms with Crippen molar-refractivity contribution >= 4 is 44.7 Å². The summed E-state index contributed by atoms with van der Waals surface area (Å²) >= 11 is 5.08. The van der Waals surface area contributed by atoms with Crippen molar-refractivity contribution in [3.05, 3.63) is 38.6 Å². The number of carboxylic acid groups (broad SMARTS) is 1. The second-order valence-corrected chi connectivity index (χ2v) is 6.39. The summed E-state index contributed by atoms with van der Waals surface area (Å²) in [5.74, 6) is -0.535. The number of carboxylic acids is 1. The van der Waals surface area contributed by atoms with E-state index in [1.165, 1.54) is 17.1 Å². The predicted molar refractivity (Wildman–Crippen MR) is 79.8 cm³/mol. The summed E-state index contributed by atoms with van der Waals surface area (Å²) in [6, 6.07) is 5.50. The van der Waals surface area contributed by atoms with Gasteiger partial charge in [-0.3, -0.25) is 0 Å². The number of halogens is 1. The van der Waals surface area contributed by atoms with Crippen LogP contribution in [0.2, 0.25) is 0 Å². The van der Waals surface area contributed by atoms with E-state index >= 15 is 0 Å². The largest absolute Gasteiger partial charge is 0.478 e. The van der Waals surface area contributed by atoms with Crippen LogP contribution in [0.3, 0.4) is 0 Å². The number of nitrogens with one attached hydrogen (secondary N) is 1. The molecule has 0 fully saturated rings. The first-order chi connectivity index (χ1) is 9.06. The fourth-order valence-corrected chi connectivity index (χ4v) is 3.03. The van der Waals surface area contributed by atoms with Crippen LogP contribution in [-0.4, -0.2) is 22.6 Å². The van der Waals surface area contributed by atoms with Gasteiger partial charge >= 0.3 is 5.97 Å². The van der Waals surface area contributed by atoms with Gasteiger partial charge in [0, 0.05) is 11.4 Å². The second-order valence-electron chi connectivity index (χ2n) is 3.84. The molecule has 0 aromatic carbocycles. The molecule has 0 amide bonds. The lowest BCUT2D eigenvalue weighted by molar-refractivity contribution is 0.0698. The number of thiophene rings is 1. The van der Waals surface area contributed by atoms with Crippen molar-refractivity contribution < 1.29 is 9.90 Å². The summed E-state index contributed by atoms with van der Waals surface area (Å²) in [6.45, 7) is 0.683. The van der Waals surface area contributed by atoms with Crippen molar-refractivity contribution in [3.63, 3.8) is 0 Å². The van der Waals surface area contributed by atoms with E-state index in [1.807, 2.05) is 6.07 Å². The molecular formula is C12H12BrN3O2S. The van der Waals surface area contributed by atoms with Crippen molar-refractivity contribution in [1.82, 2.24) is 4.98 Å². The fraction of sp³-hybridized carbons (Fsp3) is 0.167. The van der Waals surface area contributed by atoms with E-state index in [0.717, 1.165) is 10.2 Å². The number of nitrogen functional groups attached to an aromatic ring is 1. The molecule has 0 spiro atoms.